The molecule has 3 heteroatoms. The molecule has 0 fully saturated rings. The third-order valence-electron chi connectivity index (χ3n) is 3.38. The van der Waals surface area contributed by atoms with Crippen LogP contribution in [-0.2, 0) is 0 Å². The van der Waals surface area contributed by atoms with E-state index in [1.807, 2.05) is 12.1 Å². The van der Waals surface area contributed by atoms with E-state index < -0.39 is 11.6 Å². The molecule has 102 valence electrons. The summed E-state index contributed by atoms with van der Waals surface area (Å²) in [5.74, 6) is -1.50. The number of hydrogen-bond acceptors (Lipinski definition) is 3. The average molecular weight is 276 g/mol. The first kappa shape index (κ1) is 13.1. The maximum atomic E-state index is 12.5. The molecule has 3 rings (SSSR count). The summed E-state index contributed by atoms with van der Waals surface area (Å²) >= 11 is 0. The third-order valence-corrected chi connectivity index (χ3v) is 3.38. The number of benzene rings is 3. The summed E-state index contributed by atoms with van der Waals surface area (Å²) in [6.45, 7) is 0. The number of aromatic hydroxyl groups is 1. The van der Waals surface area contributed by atoms with Gasteiger partial charge in [-0.05, 0) is 16.8 Å². The zero-order valence-electron chi connectivity index (χ0n) is 11.1. The lowest BCUT2D eigenvalue weighted by molar-refractivity contribution is 0.0816. The number of rotatable bonds is 3. The number of carbonyl (C=O) groups is 2. The zero-order chi connectivity index (χ0) is 14.8. The van der Waals surface area contributed by atoms with Crippen LogP contribution in [0.3, 0.4) is 0 Å². The number of Topliss-reactive ketones (excluding diaryl/α,β-unsaturated/α-hetero) is 2. The topological polar surface area (TPSA) is 54.4 Å². The fraction of sp³-hybridized carbons (Fsp3) is 0. The van der Waals surface area contributed by atoms with E-state index in [9.17, 15) is 14.7 Å². The molecule has 0 saturated carbocycles. The van der Waals surface area contributed by atoms with E-state index in [1.54, 1.807) is 48.5 Å². The van der Waals surface area contributed by atoms with Gasteiger partial charge in [-0.1, -0.05) is 60.7 Å². The Kier molecular flexibility index (Phi) is 3.24. The molecular formula is C18H12O3. The summed E-state index contributed by atoms with van der Waals surface area (Å²) in [6.07, 6.45) is 0. The van der Waals surface area contributed by atoms with Crippen LogP contribution in [0.25, 0.3) is 10.8 Å². The van der Waals surface area contributed by atoms with Crippen LogP contribution in [0.4, 0.5) is 0 Å². The maximum Gasteiger partial charge on any atom is 0.237 e. The highest BCUT2D eigenvalue weighted by Crippen LogP contribution is 2.28. The van der Waals surface area contributed by atoms with Gasteiger partial charge in [-0.15, -0.1) is 0 Å². The van der Waals surface area contributed by atoms with Crippen LogP contribution < -0.4 is 0 Å². The lowest BCUT2D eigenvalue weighted by Gasteiger charge is -2.07. The summed E-state index contributed by atoms with van der Waals surface area (Å²) in [4.78, 5) is 24.8. The first-order valence-electron chi connectivity index (χ1n) is 6.53. The minimum absolute atomic E-state index is 0.0574. The highest BCUT2D eigenvalue weighted by atomic mass is 16.3. The second-order valence-electron chi connectivity index (χ2n) is 4.71. The van der Waals surface area contributed by atoms with Crippen LogP contribution in [0.5, 0.6) is 5.75 Å². The van der Waals surface area contributed by atoms with Gasteiger partial charge in [0.1, 0.15) is 5.75 Å². The van der Waals surface area contributed by atoms with Gasteiger partial charge in [-0.3, -0.25) is 9.59 Å². The van der Waals surface area contributed by atoms with Crippen molar-refractivity contribution < 1.29 is 14.7 Å². The molecule has 0 atom stereocenters. The van der Waals surface area contributed by atoms with Crippen molar-refractivity contribution in [1.29, 1.82) is 0 Å². The van der Waals surface area contributed by atoms with Gasteiger partial charge in [0.05, 0.1) is 5.56 Å². The summed E-state index contributed by atoms with van der Waals surface area (Å²) in [7, 11) is 0. The SMILES string of the molecule is O=C(C(=O)c1c(O)ccc2ccccc12)c1ccccc1. The van der Waals surface area contributed by atoms with Gasteiger partial charge in [0.25, 0.3) is 0 Å². The van der Waals surface area contributed by atoms with Crippen molar-refractivity contribution in [2.24, 2.45) is 0 Å². The highest BCUT2D eigenvalue weighted by molar-refractivity contribution is 6.51. The van der Waals surface area contributed by atoms with Crippen molar-refractivity contribution in [3.8, 4) is 5.75 Å². The van der Waals surface area contributed by atoms with Gasteiger partial charge in [0.15, 0.2) is 0 Å². The van der Waals surface area contributed by atoms with E-state index in [4.69, 9.17) is 0 Å². The Morgan fingerprint density at radius 3 is 2.14 bits per heavy atom. The van der Waals surface area contributed by atoms with Crippen LogP contribution >= 0.6 is 0 Å². The fourth-order valence-electron chi connectivity index (χ4n) is 2.33. The van der Waals surface area contributed by atoms with Gasteiger partial charge >= 0.3 is 0 Å². The monoisotopic (exact) mass is 276 g/mol. The van der Waals surface area contributed by atoms with E-state index in [1.165, 1.54) is 6.07 Å². The molecule has 0 amide bonds. The molecule has 0 unspecified atom stereocenters. The van der Waals surface area contributed by atoms with Gasteiger partial charge in [-0.2, -0.15) is 0 Å². The van der Waals surface area contributed by atoms with E-state index in [0.29, 0.717) is 10.9 Å². The van der Waals surface area contributed by atoms with Crippen LogP contribution in [0.2, 0.25) is 0 Å². The Bertz CT molecular complexity index is 835. The molecule has 0 saturated heterocycles. The summed E-state index contributed by atoms with van der Waals surface area (Å²) < 4.78 is 0. The van der Waals surface area contributed by atoms with Crippen molar-refractivity contribution in [3.63, 3.8) is 0 Å². The number of hydrogen-bond donors (Lipinski definition) is 1. The molecule has 3 nitrogen and oxygen atoms in total. The van der Waals surface area contributed by atoms with Gasteiger partial charge in [0.2, 0.25) is 11.6 Å². The largest absolute Gasteiger partial charge is 0.507 e. The standard InChI is InChI=1S/C18H12O3/c19-15-11-10-12-6-4-5-9-14(12)16(15)18(21)17(20)13-7-2-1-3-8-13/h1-11,19H. The summed E-state index contributed by atoms with van der Waals surface area (Å²) in [5, 5.41) is 11.4. The number of phenolic OH excluding ortho intramolecular Hbond substituents is 1. The van der Waals surface area contributed by atoms with E-state index >= 15 is 0 Å². The zero-order valence-corrected chi connectivity index (χ0v) is 11.1. The van der Waals surface area contributed by atoms with Crippen LogP contribution in [0.15, 0.2) is 66.7 Å². The maximum absolute atomic E-state index is 12.5. The minimum atomic E-state index is -0.699. The molecule has 3 aromatic carbocycles. The van der Waals surface area contributed by atoms with Crippen molar-refractivity contribution in [2.75, 3.05) is 0 Å². The van der Waals surface area contributed by atoms with Gasteiger partial charge < -0.3 is 5.11 Å². The van der Waals surface area contributed by atoms with Crippen molar-refractivity contribution in [2.45, 2.75) is 0 Å². The predicted octanol–water partition coefficient (Wildman–Crippen LogP) is 3.61. The van der Waals surface area contributed by atoms with Crippen molar-refractivity contribution in [1.82, 2.24) is 0 Å². The first-order valence-corrected chi connectivity index (χ1v) is 6.53. The molecule has 0 radical (unpaired) electrons. The predicted molar refractivity (Wildman–Crippen MR) is 80.7 cm³/mol. The Labute approximate surface area is 121 Å². The second kappa shape index (κ2) is 5.21. The number of carbonyl (C=O) groups excluding carboxylic acids is 2. The quantitative estimate of drug-likeness (QED) is 0.587. The second-order valence-corrected chi connectivity index (χ2v) is 4.71. The third kappa shape index (κ3) is 2.30. The van der Waals surface area contributed by atoms with Crippen LogP contribution in [0, 0.1) is 0 Å². The van der Waals surface area contributed by atoms with Crippen molar-refractivity contribution >= 4 is 22.3 Å². The van der Waals surface area contributed by atoms with E-state index in [-0.39, 0.29) is 11.3 Å². The van der Waals surface area contributed by atoms with Crippen molar-refractivity contribution in [3.05, 3.63) is 77.9 Å². The lowest BCUT2D eigenvalue weighted by atomic mass is 9.95. The molecular weight excluding hydrogens is 264 g/mol. The minimum Gasteiger partial charge on any atom is -0.507 e. The number of phenols is 1. The molecule has 0 aliphatic carbocycles. The smallest absolute Gasteiger partial charge is 0.237 e. The molecule has 0 spiro atoms. The summed E-state index contributed by atoms with van der Waals surface area (Å²) in [5.41, 5.74) is 0.372. The highest BCUT2D eigenvalue weighted by Gasteiger charge is 2.23. The van der Waals surface area contributed by atoms with Gasteiger partial charge in [0, 0.05) is 5.56 Å². The molecule has 0 heterocycles. The van der Waals surface area contributed by atoms with Crippen LogP contribution in [-0.4, -0.2) is 16.7 Å². The Morgan fingerprint density at radius 2 is 1.38 bits per heavy atom. The Morgan fingerprint density at radius 1 is 0.714 bits per heavy atom. The van der Waals surface area contributed by atoms with Gasteiger partial charge in [-0.25, -0.2) is 0 Å². The Hall–Kier alpha value is -2.94. The Balaban J connectivity index is 2.14. The first-order chi connectivity index (χ1) is 10.2. The molecule has 0 bridgehead atoms. The van der Waals surface area contributed by atoms with E-state index in [0.717, 1.165) is 5.39 Å². The molecule has 0 aromatic heterocycles. The number of fused-ring (bicyclic) bond motifs is 1. The normalized spacial score (nSPS) is 10.5. The molecule has 21 heavy (non-hydrogen) atoms. The average Bonchev–Trinajstić information content (AvgIpc) is 2.54. The molecule has 1 N–H and O–H groups in total. The molecule has 3 aromatic rings. The molecule has 0 aliphatic rings. The fourth-order valence-corrected chi connectivity index (χ4v) is 2.33. The van der Waals surface area contributed by atoms with Crippen LogP contribution in [0.1, 0.15) is 20.7 Å². The van der Waals surface area contributed by atoms with E-state index in [2.05, 4.69) is 0 Å². The molecule has 0 aliphatic heterocycles. The lowest BCUT2D eigenvalue weighted by Crippen LogP contribution is -2.15. The number of ketones is 2. The summed E-state index contributed by atoms with van der Waals surface area (Å²) in [6, 6.07) is 18.7.